The predicted octanol–water partition coefficient (Wildman–Crippen LogP) is 6.39. The van der Waals surface area contributed by atoms with Gasteiger partial charge in [0.05, 0.1) is 0 Å². The van der Waals surface area contributed by atoms with Crippen molar-refractivity contribution in [1.82, 2.24) is 15.0 Å². The van der Waals surface area contributed by atoms with Gasteiger partial charge in [0.1, 0.15) is 11.4 Å². The van der Waals surface area contributed by atoms with Gasteiger partial charge in [0.2, 0.25) is 5.82 Å². The number of hydrogen-bond acceptors (Lipinski definition) is 8. The highest BCUT2D eigenvalue weighted by Gasteiger charge is 2.29. The van der Waals surface area contributed by atoms with Crippen molar-refractivity contribution in [3.63, 3.8) is 0 Å². The lowest BCUT2D eigenvalue weighted by molar-refractivity contribution is 0.0683. The standard InChI is InChI=1S/C30H37F2N7O2/c1-20(23-10-7-11-23)34-27-26(33-19-22-13-15-24(16-14-22)39(31)32)28(36-29(35-27)30(40)41)37-38-17-6-5-12-25(38)18-21-8-3-2-4-9-21/h2-4,8-9,13-16,20,23,25,33H,5-7,10-12,17-19H2,1H3,(H,40,41)(H2,34,35,36,37)/t20-,25?/m1/s1. The molecule has 2 aromatic carbocycles. The zero-order valence-electron chi connectivity index (χ0n) is 23.2. The number of rotatable bonds is 12. The first-order valence-corrected chi connectivity index (χ1v) is 14.3. The van der Waals surface area contributed by atoms with Gasteiger partial charge in [0, 0.05) is 25.2 Å². The van der Waals surface area contributed by atoms with Crippen LogP contribution < -0.4 is 21.4 Å². The molecule has 2 heterocycles. The zero-order chi connectivity index (χ0) is 28.8. The fourth-order valence-corrected chi connectivity index (χ4v) is 5.48. The minimum absolute atomic E-state index is 0.0916. The third-order valence-electron chi connectivity index (χ3n) is 8.11. The number of nitrogens with zero attached hydrogens (tertiary/aromatic N) is 4. The minimum Gasteiger partial charge on any atom is -0.475 e. The van der Waals surface area contributed by atoms with Crippen LogP contribution in [0.1, 0.15) is 67.2 Å². The number of aromatic nitrogens is 2. The molecule has 3 aromatic rings. The molecule has 1 saturated carbocycles. The first-order valence-electron chi connectivity index (χ1n) is 14.3. The van der Waals surface area contributed by atoms with E-state index in [2.05, 4.69) is 50.1 Å². The van der Waals surface area contributed by atoms with Crippen molar-refractivity contribution >= 4 is 29.0 Å². The van der Waals surface area contributed by atoms with E-state index in [4.69, 9.17) is 0 Å². The number of piperidine rings is 1. The van der Waals surface area contributed by atoms with E-state index in [9.17, 15) is 18.9 Å². The minimum atomic E-state index is -1.21. The highest BCUT2D eigenvalue weighted by Crippen LogP contribution is 2.35. The molecule has 218 valence electrons. The van der Waals surface area contributed by atoms with Crippen molar-refractivity contribution in [2.24, 2.45) is 5.92 Å². The number of benzene rings is 2. The van der Waals surface area contributed by atoms with Crippen LogP contribution in [0.25, 0.3) is 0 Å². The van der Waals surface area contributed by atoms with Gasteiger partial charge in [-0.2, -0.15) is 0 Å². The average molecular weight is 566 g/mol. The Hall–Kier alpha value is -3.99. The molecule has 1 saturated heterocycles. The molecule has 2 atom stereocenters. The molecule has 1 aliphatic heterocycles. The summed E-state index contributed by atoms with van der Waals surface area (Å²) in [5, 5.41) is 17.9. The van der Waals surface area contributed by atoms with Crippen LogP contribution in [0.15, 0.2) is 54.6 Å². The monoisotopic (exact) mass is 565 g/mol. The number of hydrazine groups is 1. The maximum Gasteiger partial charge on any atom is 0.374 e. The third kappa shape index (κ3) is 7.21. The summed E-state index contributed by atoms with van der Waals surface area (Å²) in [6, 6.07) is 16.5. The Kier molecular flexibility index (Phi) is 9.13. The molecule has 5 rings (SSSR count). The van der Waals surface area contributed by atoms with Crippen molar-refractivity contribution in [2.45, 2.75) is 70.5 Å². The molecule has 1 unspecified atom stereocenters. The van der Waals surface area contributed by atoms with E-state index in [1.54, 1.807) is 12.1 Å². The summed E-state index contributed by atoms with van der Waals surface area (Å²) >= 11 is 0. The van der Waals surface area contributed by atoms with Crippen molar-refractivity contribution in [3.05, 3.63) is 71.5 Å². The van der Waals surface area contributed by atoms with Gasteiger partial charge >= 0.3 is 5.97 Å². The smallest absolute Gasteiger partial charge is 0.374 e. The number of anilines is 4. The molecule has 2 aliphatic rings. The van der Waals surface area contributed by atoms with Crippen molar-refractivity contribution in [2.75, 3.05) is 27.9 Å². The SMILES string of the molecule is C[C@@H](Nc1nc(C(=O)O)nc(NN2CCCCC2Cc2ccccc2)c1NCc1ccc(N(F)F)cc1)C1CCC1. The van der Waals surface area contributed by atoms with E-state index < -0.39 is 11.3 Å². The van der Waals surface area contributed by atoms with Crippen LogP contribution in [0.2, 0.25) is 0 Å². The van der Waals surface area contributed by atoms with E-state index >= 15 is 0 Å². The summed E-state index contributed by atoms with van der Waals surface area (Å²) in [5.41, 5.74) is 5.82. The summed E-state index contributed by atoms with van der Waals surface area (Å²) in [6.45, 7) is 3.18. The normalized spacial score (nSPS) is 18.3. The largest absolute Gasteiger partial charge is 0.475 e. The van der Waals surface area contributed by atoms with Gasteiger partial charge in [-0.15, -0.1) is 0 Å². The van der Waals surface area contributed by atoms with Crippen LogP contribution in [0.3, 0.4) is 0 Å². The second kappa shape index (κ2) is 13.1. The van der Waals surface area contributed by atoms with Crippen LogP contribution in [0, 0.1) is 5.92 Å². The Bertz CT molecular complexity index is 1310. The van der Waals surface area contributed by atoms with Gasteiger partial charge in [-0.25, -0.2) is 19.8 Å². The lowest BCUT2D eigenvalue weighted by Crippen LogP contribution is -2.45. The molecule has 0 radical (unpaired) electrons. The van der Waals surface area contributed by atoms with Crippen molar-refractivity contribution in [1.29, 1.82) is 0 Å². The van der Waals surface area contributed by atoms with Gasteiger partial charge in [-0.1, -0.05) is 64.3 Å². The molecule has 0 bridgehead atoms. The van der Waals surface area contributed by atoms with E-state index in [1.807, 2.05) is 18.2 Å². The number of nitrogens with one attached hydrogen (secondary N) is 3. The Labute approximate surface area is 238 Å². The van der Waals surface area contributed by atoms with E-state index in [-0.39, 0.29) is 23.6 Å². The van der Waals surface area contributed by atoms with Gasteiger partial charge in [-0.05, 0) is 73.5 Å². The van der Waals surface area contributed by atoms with Gasteiger partial charge in [-0.3, -0.25) is 0 Å². The topological polar surface area (TPSA) is 106 Å². The third-order valence-corrected chi connectivity index (χ3v) is 8.11. The Morgan fingerprint density at radius 3 is 2.39 bits per heavy atom. The molecule has 0 spiro atoms. The van der Waals surface area contributed by atoms with Crippen molar-refractivity contribution < 1.29 is 18.9 Å². The first kappa shape index (κ1) is 28.5. The zero-order valence-corrected chi connectivity index (χ0v) is 23.2. The van der Waals surface area contributed by atoms with Crippen LogP contribution in [0.4, 0.5) is 32.0 Å². The number of halogens is 2. The molecule has 1 aromatic heterocycles. The summed E-state index contributed by atoms with van der Waals surface area (Å²) in [7, 11) is 0. The first-order chi connectivity index (χ1) is 19.9. The molecular formula is C30H37F2N7O2. The van der Waals surface area contributed by atoms with E-state index in [1.165, 1.54) is 24.1 Å². The van der Waals surface area contributed by atoms with Crippen LogP contribution in [0.5, 0.6) is 0 Å². The molecule has 9 nitrogen and oxygen atoms in total. The highest BCUT2D eigenvalue weighted by atomic mass is 19.4. The quantitative estimate of drug-likeness (QED) is 0.186. The molecule has 0 amide bonds. The van der Waals surface area contributed by atoms with Crippen LogP contribution in [-0.4, -0.2) is 44.7 Å². The summed E-state index contributed by atoms with van der Waals surface area (Å²) in [6.07, 6.45) is 7.38. The Balaban J connectivity index is 1.45. The number of carboxylic acid groups (broad SMARTS) is 1. The lowest BCUT2D eigenvalue weighted by atomic mass is 9.80. The van der Waals surface area contributed by atoms with E-state index in [0.29, 0.717) is 29.8 Å². The van der Waals surface area contributed by atoms with Gasteiger partial charge in [0.25, 0.3) is 0 Å². The van der Waals surface area contributed by atoms with Gasteiger partial charge < -0.3 is 21.2 Å². The number of carboxylic acids is 1. The fraction of sp³-hybridized carbons (Fsp3) is 0.433. The highest BCUT2D eigenvalue weighted by molar-refractivity contribution is 5.87. The molecule has 41 heavy (non-hydrogen) atoms. The lowest BCUT2D eigenvalue weighted by Gasteiger charge is -2.37. The molecule has 1 aliphatic carbocycles. The number of carbonyl (C=O) groups is 1. The second-order valence-electron chi connectivity index (χ2n) is 10.9. The number of hydrogen-bond donors (Lipinski definition) is 4. The molecular weight excluding hydrogens is 528 g/mol. The van der Waals surface area contributed by atoms with Crippen molar-refractivity contribution in [3.8, 4) is 0 Å². The fourth-order valence-electron chi connectivity index (χ4n) is 5.48. The maximum atomic E-state index is 12.9. The predicted molar refractivity (Wildman–Crippen MR) is 156 cm³/mol. The van der Waals surface area contributed by atoms with E-state index in [0.717, 1.165) is 50.6 Å². The number of aromatic carboxylic acids is 1. The molecule has 2 fully saturated rings. The Morgan fingerprint density at radius 1 is 1.00 bits per heavy atom. The summed E-state index contributed by atoms with van der Waals surface area (Å²) in [4.78, 5) is 20.9. The van der Waals surface area contributed by atoms with Gasteiger partial charge in [0.15, 0.2) is 11.6 Å². The summed E-state index contributed by atoms with van der Waals surface area (Å²) < 4.78 is 25.8. The average Bonchev–Trinajstić information content (AvgIpc) is 2.93. The summed E-state index contributed by atoms with van der Waals surface area (Å²) in [5.74, 6) is -0.247. The Morgan fingerprint density at radius 2 is 1.73 bits per heavy atom. The second-order valence-corrected chi connectivity index (χ2v) is 10.9. The molecule has 4 N–H and O–H groups in total. The molecule has 11 heteroatoms. The van der Waals surface area contributed by atoms with Crippen LogP contribution >= 0.6 is 0 Å². The van der Waals surface area contributed by atoms with Crippen LogP contribution in [-0.2, 0) is 13.0 Å². The maximum absolute atomic E-state index is 12.9.